The van der Waals surface area contributed by atoms with Crippen LogP contribution in [-0.2, 0) is 11.3 Å². The number of nitrogens with zero attached hydrogens (tertiary/aromatic N) is 1. The number of fused-ring (bicyclic) bond motifs is 2. The average Bonchev–Trinajstić information content (AvgIpc) is 3.54. The van der Waals surface area contributed by atoms with Crippen molar-refractivity contribution < 1.29 is 14.3 Å². The van der Waals surface area contributed by atoms with Crippen LogP contribution in [0.1, 0.15) is 53.4 Å². The van der Waals surface area contributed by atoms with E-state index in [0.29, 0.717) is 18.5 Å². The van der Waals surface area contributed by atoms with Gasteiger partial charge in [0, 0.05) is 28.6 Å². The number of benzene rings is 4. The number of ether oxygens (including phenoxy) is 1. The van der Waals surface area contributed by atoms with Gasteiger partial charge < -0.3 is 19.9 Å². The Kier molecular flexibility index (Phi) is 7.53. The van der Waals surface area contributed by atoms with E-state index in [-0.39, 0.29) is 17.7 Å². The second kappa shape index (κ2) is 11.6. The fraction of sp³-hybridized carbons (Fsp3) is 0.222. The molecule has 0 radical (unpaired) electrons. The minimum atomic E-state index is -0.662. The predicted molar refractivity (Wildman–Crippen MR) is 166 cm³/mol. The van der Waals surface area contributed by atoms with Crippen molar-refractivity contribution in [3.8, 4) is 17.0 Å². The molecule has 4 aromatic carbocycles. The van der Waals surface area contributed by atoms with E-state index in [9.17, 15) is 9.59 Å². The molecule has 0 saturated heterocycles. The molecule has 6 nitrogen and oxygen atoms in total. The Bertz CT molecular complexity index is 1720. The van der Waals surface area contributed by atoms with E-state index in [4.69, 9.17) is 4.74 Å². The summed E-state index contributed by atoms with van der Waals surface area (Å²) >= 11 is 0. The monoisotopic (exact) mass is 557 g/mol. The van der Waals surface area contributed by atoms with Crippen molar-refractivity contribution in [3.63, 3.8) is 0 Å². The maximum atomic E-state index is 14.3. The number of para-hydroxylation sites is 1. The first-order valence-corrected chi connectivity index (χ1v) is 14.4. The number of rotatable bonds is 9. The number of methoxy groups -OCH3 is 1. The van der Waals surface area contributed by atoms with Crippen LogP contribution in [0.15, 0.2) is 103 Å². The van der Waals surface area contributed by atoms with Gasteiger partial charge in [0.15, 0.2) is 0 Å². The lowest BCUT2D eigenvalue weighted by molar-refractivity contribution is -0.126. The SMILES string of the molecule is COc1ccc(CNC(=O)C(CC(C)C)N2C(=O)c3ccccc3C2c2c(-c3ccccc3)[nH]c3ccccc23)cc1. The molecule has 42 heavy (non-hydrogen) atoms. The summed E-state index contributed by atoms with van der Waals surface area (Å²) in [5.74, 6) is 0.673. The molecule has 0 bridgehead atoms. The van der Waals surface area contributed by atoms with Crippen LogP contribution in [0.25, 0.3) is 22.2 Å². The van der Waals surface area contributed by atoms with Crippen LogP contribution in [0.4, 0.5) is 0 Å². The molecule has 1 aliphatic rings. The molecule has 1 aromatic heterocycles. The van der Waals surface area contributed by atoms with E-state index < -0.39 is 12.1 Å². The largest absolute Gasteiger partial charge is 0.497 e. The van der Waals surface area contributed by atoms with Gasteiger partial charge in [-0.05, 0) is 53.3 Å². The summed E-state index contributed by atoms with van der Waals surface area (Å²) in [4.78, 5) is 33.8. The highest BCUT2D eigenvalue weighted by molar-refractivity contribution is 6.04. The van der Waals surface area contributed by atoms with Crippen LogP contribution in [0, 0.1) is 5.92 Å². The maximum Gasteiger partial charge on any atom is 0.255 e. The molecule has 6 rings (SSSR count). The van der Waals surface area contributed by atoms with Gasteiger partial charge in [-0.2, -0.15) is 0 Å². The summed E-state index contributed by atoms with van der Waals surface area (Å²) in [6.07, 6.45) is 0.535. The van der Waals surface area contributed by atoms with E-state index in [1.807, 2.05) is 83.8 Å². The number of aromatic amines is 1. The molecule has 0 aliphatic carbocycles. The molecule has 2 amide bonds. The molecular weight excluding hydrogens is 522 g/mol. The summed E-state index contributed by atoms with van der Waals surface area (Å²) in [5.41, 5.74) is 6.51. The third-order valence-electron chi connectivity index (χ3n) is 8.04. The van der Waals surface area contributed by atoms with Crippen molar-refractivity contribution in [2.24, 2.45) is 5.92 Å². The molecule has 2 N–H and O–H groups in total. The van der Waals surface area contributed by atoms with Gasteiger partial charge in [0.25, 0.3) is 5.91 Å². The Morgan fingerprint density at radius 3 is 2.33 bits per heavy atom. The number of hydrogen-bond acceptors (Lipinski definition) is 3. The van der Waals surface area contributed by atoms with E-state index in [2.05, 4.69) is 48.4 Å². The molecule has 5 aromatic rings. The zero-order valence-electron chi connectivity index (χ0n) is 24.1. The van der Waals surface area contributed by atoms with Crippen LogP contribution in [0.5, 0.6) is 5.75 Å². The molecule has 0 spiro atoms. The van der Waals surface area contributed by atoms with Crippen molar-refractivity contribution in [2.45, 2.75) is 38.9 Å². The zero-order chi connectivity index (χ0) is 29.2. The van der Waals surface area contributed by atoms with Gasteiger partial charge in [-0.25, -0.2) is 0 Å². The van der Waals surface area contributed by atoms with Gasteiger partial charge in [-0.15, -0.1) is 0 Å². The summed E-state index contributed by atoms with van der Waals surface area (Å²) in [6.45, 7) is 4.54. The number of H-pyrrole nitrogens is 1. The molecular formula is C36H35N3O3. The molecule has 1 aliphatic heterocycles. The molecule has 0 saturated carbocycles. The second-order valence-electron chi connectivity index (χ2n) is 11.2. The van der Waals surface area contributed by atoms with Gasteiger partial charge in [-0.1, -0.05) is 92.7 Å². The van der Waals surface area contributed by atoms with E-state index in [1.54, 1.807) is 7.11 Å². The van der Waals surface area contributed by atoms with E-state index in [0.717, 1.165) is 44.6 Å². The lowest BCUT2D eigenvalue weighted by Gasteiger charge is -2.34. The van der Waals surface area contributed by atoms with Crippen LogP contribution in [-0.4, -0.2) is 34.8 Å². The zero-order valence-corrected chi connectivity index (χ0v) is 24.1. The van der Waals surface area contributed by atoms with Crippen LogP contribution in [0.2, 0.25) is 0 Å². The molecule has 2 unspecified atom stereocenters. The second-order valence-corrected chi connectivity index (χ2v) is 11.2. The third kappa shape index (κ3) is 5.05. The highest BCUT2D eigenvalue weighted by Crippen LogP contribution is 2.46. The van der Waals surface area contributed by atoms with E-state index >= 15 is 0 Å². The van der Waals surface area contributed by atoms with Crippen molar-refractivity contribution >= 4 is 22.7 Å². The molecule has 2 atom stereocenters. The third-order valence-corrected chi connectivity index (χ3v) is 8.04. The van der Waals surface area contributed by atoms with Crippen LogP contribution < -0.4 is 10.1 Å². The van der Waals surface area contributed by atoms with Crippen LogP contribution >= 0.6 is 0 Å². The first-order chi connectivity index (χ1) is 20.5. The summed E-state index contributed by atoms with van der Waals surface area (Å²) in [7, 11) is 1.63. The molecule has 2 heterocycles. The van der Waals surface area contributed by atoms with Crippen molar-refractivity contribution in [1.29, 1.82) is 0 Å². The number of carbonyl (C=O) groups excluding carboxylic acids is 2. The minimum Gasteiger partial charge on any atom is -0.497 e. The predicted octanol–water partition coefficient (Wildman–Crippen LogP) is 7.12. The fourth-order valence-electron chi connectivity index (χ4n) is 6.08. The number of nitrogens with one attached hydrogen (secondary N) is 2. The molecule has 0 fully saturated rings. The van der Waals surface area contributed by atoms with Gasteiger partial charge in [0.2, 0.25) is 5.91 Å². The highest BCUT2D eigenvalue weighted by Gasteiger charge is 2.45. The van der Waals surface area contributed by atoms with Gasteiger partial charge in [-0.3, -0.25) is 9.59 Å². The first kappa shape index (κ1) is 27.3. The smallest absolute Gasteiger partial charge is 0.255 e. The normalized spacial score (nSPS) is 15.2. The van der Waals surface area contributed by atoms with Gasteiger partial charge >= 0.3 is 0 Å². The number of aromatic nitrogens is 1. The Morgan fingerprint density at radius 1 is 0.905 bits per heavy atom. The van der Waals surface area contributed by atoms with E-state index in [1.165, 1.54) is 0 Å². The maximum absolute atomic E-state index is 14.3. The number of hydrogen-bond donors (Lipinski definition) is 2. The van der Waals surface area contributed by atoms with Crippen LogP contribution in [0.3, 0.4) is 0 Å². The van der Waals surface area contributed by atoms with Crippen molar-refractivity contribution in [1.82, 2.24) is 15.2 Å². The lowest BCUT2D eigenvalue weighted by Crippen LogP contribution is -2.49. The number of amides is 2. The lowest BCUT2D eigenvalue weighted by atomic mass is 9.91. The Labute approximate surface area is 246 Å². The average molecular weight is 558 g/mol. The van der Waals surface area contributed by atoms with Crippen molar-refractivity contribution in [3.05, 3.63) is 125 Å². The summed E-state index contributed by atoms with van der Waals surface area (Å²) in [5, 5.41) is 4.17. The Hall–Kier alpha value is -4.84. The summed E-state index contributed by atoms with van der Waals surface area (Å²) < 4.78 is 5.27. The molecule has 212 valence electrons. The fourth-order valence-corrected chi connectivity index (χ4v) is 6.08. The first-order valence-electron chi connectivity index (χ1n) is 14.4. The number of carbonyl (C=O) groups is 2. The minimum absolute atomic E-state index is 0.120. The Morgan fingerprint density at radius 2 is 1.60 bits per heavy atom. The highest BCUT2D eigenvalue weighted by atomic mass is 16.5. The van der Waals surface area contributed by atoms with Gasteiger partial charge in [0.05, 0.1) is 18.8 Å². The topological polar surface area (TPSA) is 74.4 Å². The standard InChI is InChI=1S/C36H35N3O3/c1-23(2)21-31(35(40)37-22-24-17-19-26(42-3)20-18-24)39-34(27-13-7-8-14-28(27)36(39)41)32-29-15-9-10-16-30(29)38-33(32)25-11-5-4-6-12-25/h4-20,23,31,34,38H,21-22H2,1-3H3,(H,37,40). The van der Waals surface area contributed by atoms with Gasteiger partial charge in [0.1, 0.15) is 11.8 Å². The molecule has 6 heteroatoms. The quantitative estimate of drug-likeness (QED) is 0.203. The van der Waals surface area contributed by atoms with Crippen molar-refractivity contribution in [2.75, 3.05) is 7.11 Å². The Balaban J connectivity index is 1.46. The summed E-state index contributed by atoms with van der Waals surface area (Å²) in [6, 6.07) is 32.7.